The summed E-state index contributed by atoms with van der Waals surface area (Å²) in [6.45, 7) is 4.60. The summed E-state index contributed by atoms with van der Waals surface area (Å²) in [5.41, 5.74) is -0.469. The molecule has 0 saturated carbocycles. The number of aliphatic hydroxyl groups excluding tert-OH is 1. The quantitative estimate of drug-likeness (QED) is 0.502. The maximum absolute atomic E-state index is 12.0. The molecule has 0 unspecified atom stereocenters. The number of aliphatic hydroxyl groups is 1. The van der Waals surface area contributed by atoms with Crippen molar-refractivity contribution < 1.29 is 29.3 Å². The van der Waals surface area contributed by atoms with Gasteiger partial charge in [0, 0.05) is 13.5 Å². The van der Waals surface area contributed by atoms with Crippen molar-refractivity contribution in [2.24, 2.45) is 7.05 Å². The van der Waals surface area contributed by atoms with Gasteiger partial charge in [-0.1, -0.05) is 0 Å². The van der Waals surface area contributed by atoms with Gasteiger partial charge in [0.2, 0.25) is 5.91 Å². The second-order valence-corrected chi connectivity index (χ2v) is 6.27. The van der Waals surface area contributed by atoms with Gasteiger partial charge in [0.05, 0.1) is 18.8 Å². The molecule has 25 heavy (non-hydrogen) atoms. The minimum atomic E-state index is -1.35. The van der Waals surface area contributed by atoms with Crippen molar-refractivity contribution >= 4 is 29.6 Å². The Bertz CT molecular complexity index is 636. The van der Waals surface area contributed by atoms with E-state index in [2.05, 4.69) is 15.7 Å². The van der Waals surface area contributed by atoms with Crippen LogP contribution >= 0.6 is 0 Å². The molecular weight excluding hydrogens is 334 g/mol. The lowest BCUT2D eigenvalue weighted by atomic mass is 10.2. The second kappa shape index (κ2) is 8.33. The van der Waals surface area contributed by atoms with Gasteiger partial charge in [-0.15, -0.1) is 0 Å². The second-order valence-electron chi connectivity index (χ2n) is 6.27. The molecule has 0 radical (unpaired) electrons. The molecule has 140 valence electrons. The number of anilines is 2. The van der Waals surface area contributed by atoms with Crippen LogP contribution in [0.25, 0.3) is 0 Å². The highest BCUT2D eigenvalue weighted by atomic mass is 16.6. The van der Waals surface area contributed by atoms with E-state index in [0.29, 0.717) is 0 Å². The molecule has 1 heterocycles. The van der Waals surface area contributed by atoms with Crippen molar-refractivity contribution in [3.05, 3.63) is 6.20 Å². The fraction of sp³-hybridized carbons (Fsp3) is 0.571. The minimum Gasteiger partial charge on any atom is -0.465 e. The topological polar surface area (TPSA) is 155 Å². The number of amides is 3. The van der Waals surface area contributed by atoms with Crippen molar-refractivity contribution in [1.82, 2.24) is 15.1 Å². The van der Waals surface area contributed by atoms with E-state index in [1.807, 2.05) is 5.32 Å². The number of carbonyl (C=O) groups is 3. The molecule has 5 N–H and O–H groups in total. The van der Waals surface area contributed by atoms with Crippen LogP contribution in [0.3, 0.4) is 0 Å². The summed E-state index contributed by atoms with van der Waals surface area (Å²) in [7, 11) is 1.60. The Morgan fingerprint density at radius 1 is 1.32 bits per heavy atom. The highest BCUT2D eigenvalue weighted by Gasteiger charge is 2.21. The normalized spacial score (nSPS) is 12.2. The number of hydrogen-bond donors (Lipinski definition) is 5. The summed E-state index contributed by atoms with van der Waals surface area (Å²) < 4.78 is 6.50. The van der Waals surface area contributed by atoms with Crippen LogP contribution in [0, 0.1) is 0 Å². The number of rotatable bonds is 6. The van der Waals surface area contributed by atoms with E-state index in [-0.39, 0.29) is 17.9 Å². The van der Waals surface area contributed by atoms with Crippen LogP contribution in [0.15, 0.2) is 6.20 Å². The van der Waals surface area contributed by atoms with Crippen LogP contribution < -0.4 is 16.0 Å². The maximum atomic E-state index is 12.0. The van der Waals surface area contributed by atoms with Gasteiger partial charge in [0.1, 0.15) is 11.3 Å². The van der Waals surface area contributed by atoms with Crippen molar-refractivity contribution in [3.8, 4) is 0 Å². The Morgan fingerprint density at radius 2 is 1.96 bits per heavy atom. The van der Waals surface area contributed by atoms with Crippen molar-refractivity contribution in [2.45, 2.75) is 38.8 Å². The molecule has 0 spiro atoms. The number of carboxylic acid groups (broad SMARTS) is 1. The number of aryl methyl sites for hydroxylation is 1. The number of ether oxygens (including phenoxy) is 1. The first-order valence-corrected chi connectivity index (χ1v) is 7.44. The van der Waals surface area contributed by atoms with E-state index in [9.17, 15) is 14.4 Å². The predicted molar refractivity (Wildman–Crippen MR) is 88.3 cm³/mol. The summed E-state index contributed by atoms with van der Waals surface area (Å²) >= 11 is 0. The summed E-state index contributed by atoms with van der Waals surface area (Å²) in [5.74, 6) is -0.510. The zero-order valence-corrected chi connectivity index (χ0v) is 14.5. The zero-order chi connectivity index (χ0) is 19.2. The zero-order valence-electron chi connectivity index (χ0n) is 14.5. The average molecular weight is 357 g/mol. The Hall–Kier alpha value is -2.82. The molecule has 0 aliphatic heterocycles. The van der Waals surface area contributed by atoms with E-state index < -0.39 is 36.3 Å². The number of nitrogens with zero attached hydrogens (tertiary/aromatic N) is 2. The highest BCUT2D eigenvalue weighted by molar-refractivity contribution is 5.96. The summed E-state index contributed by atoms with van der Waals surface area (Å²) in [4.78, 5) is 34.4. The molecule has 3 amide bonds. The van der Waals surface area contributed by atoms with Crippen LogP contribution in [-0.2, 0) is 16.6 Å². The number of hydrogen-bond acceptors (Lipinski definition) is 6. The van der Waals surface area contributed by atoms with Crippen LogP contribution in [0.1, 0.15) is 27.2 Å². The van der Waals surface area contributed by atoms with Gasteiger partial charge in [0.15, 0.2) is 5.82 Å². The monoisotopic (exact) mass is 357 g/mol. The smallest absolute Gasteiger partial charge is 0.412 e. The molecule has 0 saturated heterocycles. The van der Waals surface area contributed by atoms with Gasteiger partial charge < -0.3 is 25.6 Å². The Labute approximate surface area is 144 Å². The van der Waals surface area contributed by atoms with Crippen molar-refractivity contribution in [3.63, 3.8) is 0 Å². The average Bonchev–Trinajstić information content (AvgIpc) is 2.74. The lowest BCUT2D eigenvalue weighted by Crippen LogP contribution is -2.39. The number of nitrogens with one attached hydrogen (secondary N) is 3. The largest absolute Gasteiger partial charge is 0.465 e. The van der Waals surface area contributed by atoms with Gasteiger partial charge in [-0.05, 0) is 20.8 Å². The Kier molecular flexibility index (Phi) is 6.74. The summed E-state index contributed by atoms with van der Waals surface area (Å²) in [6.07, 6.45) is -0.891. The first-order valence-electron chi connectivity index (χ1n) is 7.44. The van der Waals surface area contributed by atoms with Crippen molar-refractivity contribution in [2.75, 3.05) is 17.2 Å². The third kappa shape index (κ3) is 7.52. The van der Waals surface area contributed by atoms with Gasteiger partial charge in [-0.2, -0.15) is 5.10 Å². The fourth-order valence-electron chi connectivity index (χ4n) is 1.83. The highest BCUT2D eigenvalue weighted by Crippen LogP contribution is 2.20. The van der Waals surface area contributed by atoms with Crippen molar-refractivity contribution in [1.29, 1.82) is 0 Å². The molecule has 0 aromatic carbocycles. The Balaban J connectivity index is 2.74. The molecular formula is C14H23N5O6. The molecule has 11 nitrogen and oxygen atoms in total. The SMILES string of the molecule is Cn1cc(NC(=O)OC(C)(C)C)c(NC(=O)C[C@@H](CO)NC(=O)O)n1. The molecule has 0 aliphatic carbocycles. The van der Waals surface area contributed by atoms with Gasteiger partial charge in [-0.3, -0.25) is 14.8 Å². The van der Waals surface area contributed by atoms with Gasteiger partial charge >= 0.3 is 12.2 Å². The number of aromatic nitrogens is 2. The minimum absolute atomic E-state index is 0.0744. The molecule has 0 bridgehead atoms. The molecule has 0 aliphatic rings. The van der Waals surface area contributed by atoms with E-state index >= 15 is 0 Å². The third-order valence-corrected chi connectivity index (χ3v) is 2.70. The van der Waals surface area contributed by atoms with E-state index in [1.165, 1.54) is 10.9 Å². The van der Waals surface area contributed by atoms with Gasteiger partial charge in [-0.25, -0.2) is 9.59 Å². The molecule has 11 heteroatoms. The first-order chi connectivity index (χ1) is 11.5. The third-order valence-electron chi connectivity index (χ3n) is 2.70. The lowest BCUT2D eigenvalue weighted by Gasteiger charge is -2.19. The van der Waals surface area contributed by atoms with E-state index in [4.69, 9.17) is 14.9 Å². The van der Waals surface area contributed by atoms with E-state index in [0.717, 1.165) is 0 Å². The molecule has 0 fully saturated rings. The number of carbonyl (C=O) groups excluding carboxylic acids is 2. The molecule has 1 atom stereocenters. The van der Waals surface area contributed by atoms with Crippen LogP contribution in [0.5, 0.6) is 0 Å². The molecule has 1 rings (SSSR count). The molecule has 1 aromatic rings. The Morgan fingerprint density at radius 3 is 2.48 bits per heavy atom. The lowest BCUT2D eigenvalue weighted by molar-refractivity contribution is -0.116. The summed E-state index contributed by atoms with van der Waals surface area (Å²) in [5, 5.41) is 28.7. The summed E-state index contributed by atoms with van der Waals surface area (Å²) in [6, 6.07) is -0.955. The van der Waals surface area contributed by atoms with E-state index in [1.54, 1.807) is 27.8 Å². The van der Waals surface area contributed by atoms with Crippen LogP contribution in [0.4, 0.5) is 21.1 Å². The molecule has 1 aromatic heterocycles. The van der Waals surface area contributed by atoms with Crippen LogP contribution in [0.2, 0.25) is 0 Å². The first kappa shape index (κ1) is 20.2. The maximum Gasteiger partial charge on any atom is 0.412 e. The predicted octanol–water partition coefficient (Wildman–Crippen LogP) is 0.724. The van der Waals surface area contributed by atoms with Gasteiger partial charge in [0.25, 0.3) is 0 Å². The fourth-order valence-corrected chi connectivity index (χ4v) is 1.83. The standard InChI is InChI=1S/C14H23N5O6/c1-14(2,3)25-13(24)16-9-6-19(4)18-11(9)17-10(21)5-8(7-20)15-12(22)23/h6,8,15,20H,5,7H2,1-4H3,(H,16,24)(H,22,23)(H,17,18,21)/t8-/m0/s1. The van der Waals surface area contributed by atoms with Crippen LogP contribution in [-0.4, -0.2) is 56.3 Å².